The van der Waals surface area contributed by atoms with E-state index in [4.69, 9.17) is 5.73 Å². The third kappa shape index (κ3) is 2.69. The zero-order valence-electron chi connectivity index (χ0n) is 11.8. The summed E-state index contributed by atoms with van der Waals surface area (Å²) in [5.74, 6) is 0.133. The molecule has 1 aromatic rings. The summed E-state index contributed by atoms with van der Waals surface area (Å²) in [6.07, 6.45) is 8.04. The molecule has 0 aliphatic heterocycles. The Hall–Kier alpha value is -1.07. The highest BCUT2D eigenvalue weighted by Gasteiger charge is 2.33. The van der Waals surface area contributed by atoms with Gasteiger partial charge in [0.05, 0.1) is 18.2 Å². The minimum absolute atomic E-state index is 0. The Morgan fingerprint density at radius 1 is 1.40 bits per heavy atom. The SMILES string of the molecule is Cl.Cn1ncc2c1CCCC2NC(=O)C1CCCC1N. The van der Waals surface area contributed by atoms with Gasteiger partial charge in [-0.2, -0.15) is 5.10 Å². The number of fused-ring (bicyclic) bond motifs is 1. The normalized spacial score (nSPS) is 28.6. The largest absolute Gasteiger partial charge is 0.349 e. The number of aryl methyl sites for hydroxylation is 1. The minimum Gasteiger partial charge on any atom is -0.349 e. The molecule has 0 saturated heterocycles. The Kier molecular flexibility index (Phi) is 4.70. The molecule has 1 aromatic heterocycles. The number of carbonyl (C=O) groups is 1. The first-order valence-corrected chi connectivity index (χ1v) is 7.23. The van der Waals surface area contributed by atoms with Crippen molar-refractivity contribution in [2.75, 3.05) is 0 Å². The molecule has 0 radical (unpaired) electrons. The monoisotopic (exact) mass is 298 g/mol. The van der Waals surface area contributed by atoms with Gasteiger partial charge >= 0.3 is 0 Å². The van der Waals surface area contributed by atoms with Crippen LogP contribution in [-0.4, -0.2) is 21.7 Å². The highest BCUT2D eigenvalue weighted by molar-refractivity contribution is 5.85. The maximum atomic E-state index is 12.3. The van der Waals surface area contributed by atoms with Crippen molar-refractivity contribution in [3.05, 3.63) is 17.5 Å². The van der Waals surface area contributed by atoms with E-state index in [2.05, 4.69) is 10.4 Å². The van der Waals surface area contributed by atoms with Crippen molar-refractivity contribution in [2.45, 2.75) is 50.6 Å². The molecule has 20 heavy (non-hydrogen) atoms. The number of hydrogen-bond acceptors (Lipinski definition) is 3. The van der Waals surface area contributed by atoms with Crippen molar-refractivity contribution in [2.24, 2.45) is 18.7 Å². The number of rotatable bonds is 2. The fourth-order valence-electron chi connectivity index (χ4n) is 3.45. The van der Waals surface area contributed by atoms with Crippen molar-refractivity contribution in [3.63, 3.8) is 0 Å². The van der Waals surface area contributed by atoms with Crippen molar-refractivity contribution in [3.8, 4) is 0 Å². The predicted molar refractivity (Wildman–Crippen MR) is 79.6 cm³/mol. The average Bonchev–Trinajstić information content (AvgIpc) is 2.97. The van der Waals surface area contributed by atoms with Gasteiger partial charge in [-0.15, -0.1) is 12.4 Å². The van der Waals surface area contributed by atoms with Crippen molar-refractivity contribution in [1.29, 1.82) is 0 Å². The lowest BCUT2D eigenvalue weighted by molar-refractivity contribution is -0.126. The third-order valence-electron chi connectivity index (χ3n) is 4.60. The zero-order chi connectivity index (χ0) is 13.4. The van der Waals surface area contributed by atoms with Crippen molar-refractivity contribution in [1.82, 2.24) is 15.1 Å². The second-order valence-electron chi connectivity index (χ2n) is 5.82. The van der Waals surface area contributed by atoms with Crippen LogP contribution in [0.3, 0.4) is 0 Å². The Bertz CT molecular complexity index is 488. The molecule has 1 fully saturated rings. The lowest BCUT2D eigenvalue weighted by atomic mass is 9.92. The molecule has 3 rings (SSSR count). The molecule has 1 saturated carbocycles. The van der Waals surface area contributed by atoms with Gasteiger partial charge in [-0.1, -0.05) is 6.42 Å². The van der Waals surface area contributed by atoms with Crippen LogP contribution < -0.4 is 11.1 Å². The first kappa shape index (κ1) is 15.3. The summed E-state index contributed by atoms with van der Waals surface area (Å²) >= 11 is 0. The van der Waals surface area contributed by atoms with Crippen LogP contribution in [-0.2, 0) is 18.3 Å². The Morgan fingerprint density at radius 2 is 2.20 bits per heavy atom. The van der Waals surface area contributed by atoms with E-state index in [-0.39, 0.29) is 36.3 Å². The van der Waals surface area contributed by atoms with E-state index in [0.29, 0.717) is 0 Å². The predicted octanol–water partition coefficient (Wildman–Crippen LogP) is 1.46. The number of carbonyl (C=O) groups excluding carboxylic acids is 1. The van der Waals surface area contributed by atoms with Crippen LogP contribution in [0.5, 0.6) is 0 Å². The van der Waals surface area contributed by atoms with E-state index in [9.17, 15) is 4.79 Å². The van der Waals surface area contributed by atoms with Gasteiger partial charge in [-0.25, -0.2) is 0 Å². The van der Waals surface area contributed by atoms with Gasteiger partial charge in [-0.05, 0) is 32.1 Å². The molecule has 0 aromatic carbocycles. The number of amides is 1. The molecule has 1 amide bonds. The van der Waals surface area contributed by atoms with Crippen molar-refractivity contribution < 1.29 is 4.79 Å². The molecule has 112 valence electrons. The van der Waals surface area contributed by atoms with Gasteiger partial charge in [0, 0.05) is 24.3 Å². The molecule has 2 aliphatic carbocycles. The first-order chi connectivity index (χ1) is 9.16. The average molecular weight is 299 g/mol. The van der Waals surface area contributed by atoms with Crippen LogP contribution >= 0.6 is 12.4 Å². The quantitative estimate of drug-likeness (QED) is 0.868. The maximum absolute atomic E-state index is 12.3. The van der Waals surface area contributed by atoms with Gasteiger partial charge in [0.25, 0.3) is 0 Å². The van der Waals surface area contributed by atoms with Crippen LogP contribution in [0.15, 0.2) is 6.20 Å². The lowest BCUT2D eigenvalue weighted by Gasteiger charge is -2.26. The van der Waals surface area contributed by atoms with Gasteiger partial charge in [0.1, 0.15) is 0 Å². The molecular weight excluding hydrogens is 276 g/mol. The highest BCUT2D eigenvalue weighted by atomic mass is 35.5. The number of nitrogens with one attached hydrogen (secondary N) is 1. The molecule has 6 heteroatoms. The van der Waals surface area contributed by atoms with Crippen molar-refractivity contribution >= 4 is 18.3 Å². The number of nitrogens with zero attached hydrogens (tertiary/aromatic N) is 2. The number of hydrogen-bond donors (Lipinski definition) is 2. The first-order valence-electron chi connectivity index (χ1n) is 7.23. The second-order valence-corrected chi connectivity index (χ2v) is 5.82. The summed E-state index contributed by atoms with van der Waals surface area (Å²) in [6, 6.07) is 0.162. The molecule has 1 heterocycles. The van der Waals surface area contributed by atoms with E-state index >= 15 is 0 Å². The summed E-state index contributed by atoms with van der Waals surface area (Å²) < 4.78 is 1.93. The summed E-state index contributed by atoms with van der Waals surface area (Å²) in [5, 5.41) is 7.50. The summed E-state index contributed by atoms with van der Waals surface area (Å²) in [5.41, 5.74) is 8.45. The number of aromatic nitrogens is 2. The van der Waals surface area contributed by atoms with E-state index in [0.717, 1.165) is 38.5 Å². The van der Waals surface area contributed by atoms with Crippen LogP contribution in [0.4, 0.5) is 0 Å². The fraction of sp³-hybridized carbons (Fsp3) is 0.714. The molecule has 3 unspecified atom stereocenters. The summed E-state index contributed by atoms with van der Waals surface area (Å²) in [6.45, 7) is 0. The summed E-state index contributed by atoms with van der Waals surface area (Å²) in [7, 11) is 1.97. The molecule has 2 aliphatic rings. The number of nitrogens with two attached hydrogens (primary N) is 1. The maximum Gasteiger partial charge on any atom is 0.225 e. The highest BCUT2D eigenvalue weighted by Crippen LogP contribution is 2.31. The van der Waals surface area contributed by atoms with Crippen LogP contribution in [0.2, 0.25) is 0 Å². The van der Waals surface area contributed by atoms with E-state index in [1.165, 1.54) is 11.3 Å². The molecule has 3 atom stereocenters. The van der Waals surface area contributed by atoms with Gasteiger partial charge in [0.2, 0.25) is 5.91 Å². The van der Waals surface area contributed by atoms with E-state index in [1.807, 2.05) is 17.9 Å². The molecule has 5 nitrogen and oxygen atoms in total. The van der Waals surface area contributed by atoms with Crippen LogP contribution in [0, 0.1) is 5.92 Å². The number of halogens is 1. The lowest BCUT2D eigenvalue weighted by Crippen LogP contribution is -2.41. The minimum atomic E-state index is 0. The van der Waals surface area contributed by atoms with Crippen LogP contribution in [0.25, 0.3) is 0 Å². The zero-order valence-corrected chi connectivity index (χ0v) is 12.7. The van der Waals surface area contributed by atoms with E-state index in [1.54, 1.807) is 0 Å². The Balaban J connectivity index is 0.00000147. The topological polar surface area (TPSA) is 72.9 Å². The Morgan fingerprint density at radius 3 is 2.90 bits per heavy atom. The molecular formula is C14H23ClN4O. The van der Waals surface area contributed by atoms with E-state index < -0.39 is 0 Å². The van der Waals surface area contributed by atoms with Gasteiger partial charge in [0.15, 0.2) is 0 Å². The standard InChI is InChI=1S/C14H22N4O.ClH/c1-18-13-7-3-6-12(10(13)8-16-18)17-14(19)9-4-2-5-11(9)15;/h8-9,11-12H,2-7,15H2,1H3,(H,17,19);1H. The molecule has 0 bridgehead atoms. The fourth-order valence-corrected chi connectivity index (χ4v) is 3.45. The molecule has 0 spiro atoms. The van der Waals surface area contributed by atoms with Gasteiger partial charge < -0.3 is 11.1 Å². The molecule has 3 N–H and O–H groups in total. The summed E-state index contributed by atoms with van der Waals surface area (Å²) in [4.78, 5) is 12.3. The van der Waals surface area contributed by atoms with Crippen LogP contribution in [0.1, 0.15) is 49.4 Å². The van der Waals surface area contributed by atoms with Gasteiger partial charge in [-0.3, -0.25) is 9.48 Å². The smallest absolute Gasteiger partial charge is 0.225 e. The third-order valence-corrected chi connectivity index (χ3v) is 4.60. The Labute approximate surface area is 125 Å². The second kappa shape index (κ2) is 6.14.